The van der Waals surface area contributed by atoms with Gasteiger partial charge in [-0.2, -0.15) is 17.5 Å². The number of nitrogens with zero attached hydrogens (tertiary/aromatic N) is 1. The van der Waals surface area contributed by atoms with Crippen molar-refractivity contribution in [2.45, 2.75) is 51.4 Å². The van der Waals surface area contributed by atoms with Crippen LogP contribution in [0.25, 0.3) is 5.57 Å². The van der Waals surface area contributed by atoms with Gasteiger partial charge in [0.2, 0.25) is 15.8 Å². The average molecular weight is 610 g/mol. The Morgan fingerprint density at radius 1 is 0.976 bits per heavy atom. The molecule has 0 spiro atoms. The van der Waals surface area contributed by atoms with Gasteiger partial charge in [-0.3, -0.25) is 4.79 Å². The van der Waals surface area contributed by atoms with Gasteiger partial charge < -0.3 is 9.52 Å². The van der Waals surface area contributed by atoms with Crippen molar-refractivity contribution < 1.29 is 44.3 Å². The zero-order valence-corrected chi connectivity index (χ0v) is 23.8. The molecule has 0 unspecified atom stereocenters. The minimum absolute atomic E-state index is 0.0414. The van der Waals surface area contributed by atoms with Crippen LogP contribution in [0.3, 0.4) is 0 Å². The van der Waals surface area contributed by atoms with Crippen molar-refractivity contribution in [2.75, 3.05) is 0 Å². The Balaban J connectivity index is 1.69. The number of alkyl halides is 3. The van der Waals surface area contributed by atoms with Gasteiger partial charge in [0, 0.05) is 12.0 Å². The van der Waals surface area contributed by atoms with E-state index in [1.165, 1.54) is 6.08 Å². The molecule has 2 heterocycles. The van der Waals surface area contributed by atoms with Crippen molar-refractivity contribution in [3.05, 3.63) is 104 Å². The lowest BCUT2D eigenvalue weighted by Gasteiger charge is -2.24. The number of carbonyl (C=O) groups is 1. The molecule has 0 aliphatic carbocycles. The largest absolute Gasteiger partial charge is 0.481 e. The number of allylic oxidation sites excluding steroid dienone is 2. The van der Waals surface area contributed by atoms with Crippen LogP contribution in [0.1, 0.15) is 45.8 Å². The first-order chi connectivity index (χ1) is 19.0. The molecule has 0 radical (unpaired) electrons. The predicted octanol–water partition coefficient (Wildman–Crippen LogP) is 5.74. The number of hydrogen-bond donors (Lipinski definition) is 1. The van der Waals surface area contributed by atoms with Crippen molar-refractivity contribution in [1.82, 2.24) is 4.31 Å². The minimum atomic E-state index is -4.73. The van der Waals surface area contributed by atoms with Crippen LogP contribution in [-0.4, -0.2) is 32.2 Å². The summed E-state index contributed by atoms with van der Waals surface area (Å²) in [5.41, 5.74) is 3.02. The molecule has 0 saturated heterocycles. The molecule has 0 saturated carbocycles. The molecule has 0 amide bonds. The summed E-state index contributed by atoms with van der Waals surface area (Å²) in [6.45, 7) is 4.41. The number of benzene rings is 2. The van der Waals surface area contributed by atoms with E-state index in [-0.39, 0.29) is 27.7 Å². The second-order valence-electron chi connectivity index (χ2n) is 9.76. The van der Waals surface area contributed by atoms with Crippen molar-refractivity contribution in [3.63, 3.8) is 0 Å². The smallest absolute Gasteiger partial charge is 0.449 e. The average Bonchev–Trinajstić information content (AvgIpc) is 3.42. The van der Waals surface area contributed by atoms with E-state index in [4.69, 9.17) is 9.52 Å². The van der Waals surface area contributed by atoms with Gasteiger partial charge in [-0.05, 0) is 66.8 Å². The molecule has 1 aliphatic heterocycles. The number of furan rings is 1. The first-order valence-electron chi connectivity index (χ1n) is 12.2. The van der Waals surface area contributed by atoms with E-state index in [0.29, 0.717) is 22.3 Å². The third-order valence-corrected chi connectivity index (χ3v) is 10.1. The second-order valence-corrected chi connectivity index (χ2v) is 13.5. The molecule has 1 N–H and O–H groups in total. The monoisotopic (exact) mass is 609 g/mol. The van der Waals surface area contributed by atoms with Crippen LogP contribution in [0.5, 0.6) is 0 Å². The van der Waals surface area contributed by atoms with Crippen LogP contribution < -0.4 is 0 Å². The topological polar surface area (TPSA) is 122 Å². The highest BCUT2D eigenvalue weighted by Crippen LogP contribution is 2.34. The number of sulfone groups is 1. The molecular weight excluding hydrogens is 583 g/mol. The maximum absolute atomic E-state index is 13.9. The summed E-state index contributed by atoms with van der Waals surface area (Å²) < 4.78 is 97.7. The lowest BCUT2D eigenvalue weighted by Crippen LogP contribution is -2.31. The maximum Gasteiger partial charge on any atom is 0.449 e. The number of sulfonamides is 1. The SMILES string of the molecule is Cc1cc(C)c(S(=O)(=O)N(Cc2ccc(C3=CS(=O)(=O)C(CC(=O)O)=C3)cc2)Cc2ccc(C(F)(F)F)o2)c(C)c1. The quantitative estimate of drug-likeness (QED) is 0.328. The molecule has 218 valence electrons. The second kappa shape index (κ2) is 11.0. The van der Waals surface area contributed by atoms with Gasteiger partial charge in [-0.1, -0.05) is 42.0 Å². The van der Waals surface area contributed by atoms with Gasteiger partial charge in [-0.25, -0.2) is 16.8 Å². The van der Waals surface area contributed by atoms with Crippen LogP contribution in [0, 0.1) is 20.8 Å². The van der Waals surface area contributed by atoms with Gasteiger partial charge in [0.25, 0.3) is 0 Å². The molecular formula is C28H26F3NO7S2. The fourth-order valence-electron chi connectivity index (χ4n) is 4.71. The van der Waals surface area contributed by atoms with E-state index < -0.39 is 50.7 Å². The molecule has 1 aliphatic rings. The molecule has 2 aromatic carbocycles. The Morgan fingerprint density at radius 2 is 1.59 bits per heavy atom. The molecule has 0 bridgehead atoms. The van der Waals surface area contributed by atoms with E-state index in [1.807, 2.05) is 6.92 Å². The fraction of sp³-hybridized carbons (Fsp3) is 0.250. The summed E-state index contributed by atoms with van der Waals surface area (Å²) in [4.78, 5) is 10.8. The van der Waals surface area contributed by atoms with Crippen molar-refractivity contribution in [2.24, 2.45) is 0 Å². The first kappa shape index (κ1) is 30.3. The molecule has 0 atom stereocenters. The van der Waals surface area contributed by atoms with Gasteiger partial charge in [0.15, 0.2) is 9.84 Å². The number of rotatable bonds is 9. The van der Waals surface area contributed by atoms with E-state index >= 15 is 0 Å². The van der Waals surface area contributed by atoms with E-state index in [9.17, 15) is 34.8 Å². The minimum Gasteiger partial charge on any atom is -0.481 e. The van der Waals surface area contributed by atoms with Crippen LogP contribution >= 0.6 is 0 Å². The van der Waals surface area contributed by atoms with Crippen LogP contribution in [0.4, 0.5) is 13.2 Å². The molecule has 41 heavy (non-hydrogen) atoms. The number of carboxylic acids is 1. The number of carboxylic acid groups (broad SMARTS) is 1. The third kappa shape index (κ3) is 6.63. The number of aliphatic carboxylic acids is 1. The highest BCUT2D eigenvalue weighted by Gasteiger charge is 2.36. The third-order valence-electron chi connectivity index (χ3n) is 6.41. The molecule has 8 nitrogen and oxygen atoms in total. The molecule has 4 rings (SSSR count). The highest BCUT2D eigenvalue weighted by molar-refractivity contribution is 7.98. The Labute approximate surface area is 235 Å². The maximum atomic E-state index is 13.9. The van der Waals surface area contributed by atoms with E-state index in [1.54, 1.807) is 50.2 Å². The van der Waals surface area contributed by atoms with Crippen LogP contribution in [-0.2, 0) is 43.9 Å². The summed E-state index contributed by atoms with van der Waals surface area (Å²) in [5, 5.41) is 9.95. The Morgan fingerprint density at radius 3 is 2.12 bits per heavy atom. The number of aryl methyl sites for hydroxylation is 3. The summed E-state index contributed by atoms with van der Waals surface area (Å²) >= 11 is 0. The zero-order chi connectivity index (χ0) is 30.3. The van der Waals surface area contributed by atoms with Crippen molar-refractivity contribution in [3.8, 4) is 0 Å². The van der Waals surface area contributed by atoms with Crippen LogP contribution in [0.2, 0.25) is 0 Å². The van der Waals surface area contributed by atoms with Gasteiger partial charge >= 0.3 is 12.1 Å². The Kier molecular flexibility index (Phi) is 8.09. The predicted molar refractivity (Wildman–Crippen MR) is 144 cm³/mol. The fourth-order valence-corrected chi connectivity index (χ4v) is 7.82. The summed E-state index contributed by atoms with van der Waals surface area (Å²) in [5.74, 6) is -2.73. The lowest BCUT2D eigenvalue weighted by atomic mass is 10.0. The zero-order valence-electron chi connectivity index (χ0n) is 22.2. The summed E-state index contributed by atoms with van der Waals surface area (Å²) in [6.07, 6.45) is -4.12. The normalized spacial score (nSPS) is 15.2. The van der Waals surface area contributed by atoms with Gasteiger partial charge in [-0.15, -0.1) is 0 Å². The van der Waals surface area contributed by atoms with E-state index in [0.717, 1.165) is 27.4 Å². The molecule has 1 aromatic heterocycles. The summed E-state index contributed by atoms with van der Waals surface area (Å²) in [7, 11) is -8.10. The standard InChI is InChI=1S/C28H26F3NO7S2/c1-17-10-18(2)27(19(3)11-17)41(37,38)32(15-23-8-9-25(39-23)28(29,30)31)14-20-4-6-21(7-5-20)22-12-24(13-26(33)34)40(35,36)16-22/h4-12,16H,13-15H2,1-3H3,(H,33,34). The van der Waals surface area contributed by atoms with E-state index in [2.05, 4.69) is 0 Å². The Hall–Kier alpha value is -3.68. The Bertz CT molecular complexity index is 1760. The summed E-state index contributed by atoms with van der Waals surface area (Å²) in [6, 6.07) is 11.5. The molecule has 0 fully saturated rings. The van der Waals surface area contributed by atoms with Gasteiger partial charge in [0.1, 0.15) is 5.76 Å². The molecule has 13 heteroatoms. The van der Waals surface area contributed by atoms with Crippen molar-refractivity contribution in [1.29, 1.82) is 0 Å². The highest BCUT2D eigenvalue weighted by atomic mass is 32.2. The lowest BCUT2D eigenvalue weighted by molar-refractivity contribution is -0.153. The van der Waals surface area contributed by atoms with Crippen molar-refractivity contribution >= 4 is 31.4 Å². The molecule has 3 aromatic rings. The van der Waals surface area contributed by atoms with Gasteiger partial charge in [0.05, 0.1) is 22.8 Å². The van der Waals surface area contributed by atoms with Crippen LogP contribution in [0.15, 0.2) is 74.2 Å². The number of halogens is 3. The number of hydrogen-bond acceptors (Lipinski definition) is 6. The first-order valence-corrected chi connectivity index (χ1v) is 15.2.